The summed E-state index contributed by atoms with van der Waals surface area (Å²) < 4.78 is 10.3. The Kier molecular flexibility index (Phi) is 6.57. The average Bonchev–Trinajstić information content (AvgIpc) is 2.47. The fraction of sp³-hybridized carbons (Fsp3) is 0.462. The van der Waals surface area contributed by atoms with Gasteiger partial charge < -0.3 is 20.5 Å². The van der Waals surface area contributed by atoms with Gasteiger partial charge >= 0.3 is 0 Å². The Morgan fingerprint density at radius 2 is 2.24 bits per heavy atom. The first-order valence-corrected chi connectivity index (χ1v) is 6.40. The van der Waals surface area contributed by atoms with Crippen LogP contribution in [0.1, 0.15) is 12.5 Å². The lowest BCUT2D eigenvalue weighted by Crippen LogP contribution is -2.38. The van der Waals surface area contributed by atoms with Crippen molar-refractivity contribution in [2.24, 2.45) is 5.73 Å². The summed E-state index contributed by atoms with van der Waals surface area (Å²) in [5, 5.41) is 13.3. The molecule has 0 aromatic heterocycles. The summed E-state index contributed by atoms with van der Waals surface area (Å²) in [5.74, 6) is 0.0610. The molecule has 0 spiro atoms. The molecule has 1 rings (SSSR count). The Morgan fingerprint density at radius 1 is 1.52 bits per heavy atom. The second kappa shape index (κ2) is 8.18. The van der Waals surface area contributed by atoms with E-state index in [1.165, 1.54) is 25.3 Å². The predicted molar refractivity (Wildman–Crippen MR) is 76.0 cm³/mol. The zero-order chi connectivity index (χ0) is 15.8. The SMILES string of the molecule is COCCNC(=O)C(C)Oc1ccc([N+](=O)[O-])cc1CN. The van der Waals surface area contributed by atoms with Crippen LogP contribution in [0, 0.1) is 10.1 Å². The average molecular weight is 297 g/mol. The van der Waals surface area contributed by atoms with Crippen molar-refractivity contribution in [2.75, 3.05) is 20.3 Å². The van der Waals surface area contributed by atoms with E-state index in [0.717, 1.165) is 0 Å². The monoisotopic (exact) mass is 297 g/mol. The third-order valence-electron chi connectivity index (χ3n) is 2.75. The van der Waals surface area contributed by atoms with E-state index in [1.807, 2.05) is 0 Å². The molecule has 8 nitrogen and oxygen atoms in total. The van der Waals surface area contributed by atoms with Crippen molar-refractivity contribution in [3.05, 3.63) is 33.9 Å². The largest absolute Gasteiger partial charge is 0.481 e. The maximum Gasteiger partial charge on any atom is 0.270 e. The van der Waals surface area contributed by atoms with Crippen molar-refractivity contribution in [1.82, 2.24) is 5.32 Å². The van der Waals surface area contributed by atoms with Crippen LogP contribution in [0.25, 0.3) is 0 Å². The molecule has 1 atom stereocenters. The van der Waals surface area contributed by atoms with Gasteiger partial charge in [-0.3, -0.25) is 14.9 Å². The number of nitrogens with one attached hydrogen (secondary N) is 1. The van der Waals surface area contributed by atoms with Crippen LogP contribution in [0.4, 0.5) is 5.69 Å². The molecule has 1 aromatic carbocycles. The Hall–Kier alpha value is -2.19. The minimum Gasteiger partial charge on any atom is -0.481 e. The number of nitro benzene ring substituents is 1. The van der Waals surface area contributed by atoms with Crippen LogP contribution in [0.2, 0.25) is 0 Å². The number of non-ortho nitro benzene ring substituents is 1. The maximum absolute atomic E-state index is 11.8. The highest BCUT2D eigenvalue weighted by atomic mass is 16.6. The number of methoxy groups -OCH3 is 1. The van der Waals surface area contributed by atoms with Gasteiger partial charge in [-0.1, -0.05) is 0 Å². The van der Waals surface area contributed by atoms with Crippen LogP contribution in [-0.4, -0.2) is 37.2 Å². The maximum atomic E-state index is 11.8. The molecule has 1 unspecified atom stereocenters. The van der Waals surface area contributed by atoms with Crippen LogP contribution in [0.3, 0.4) is 0 Å². The Morgan fingerprint density at radius 3 is 2.81 bits per heavy atom. The summed E-state index contributed by atoms with van der Waals surface area (Å²) in [5.41, 5.74) is 5.95. The molecule has 0 fully saturated rings. The number of nitrogens with two attached hydrogens (primary N) is 1. The second-order valence-corrected chi connectivity index (χ2v) is 4.30. The normalized spacial score (nSPS) is 11.8. The van der Waals surface area contributed by atoms with Crippen LogP contribution in [0.5, 0.6) is 5.75 Å². The molecule has 0 radical (unpaired) electrons. The molecule has 8 heteroatoms. The van der Waals surface area contributed by atoms with Crippen LogP contribution >= 0.6 is 0 Å². The summed E-state index contributed by atoms with van der Waals surface area (Å²) in [7, 11) is 1.54. The van der Waals surface area contributed by atoms with Crippen molar-refractivity contribution in [2.45, 2.75) is 19.6 Å². The highest BCUT2D eigenvalue weighted by Gasteiger charge is 2.17. The number of hydrogen-bond acceptors (Lipinski definition) is 6. The zero-order valence-corrected chi connectivity index (χ0v) is 12.0. The summed E-state index contributed by atoms with van der Waals surface area (Å²) in [6.45, 7) is 2.45. The van der Waals surface area contributed by atoms with E-state index < -0.39 is 11.0 Å². The highest BCUT2D eigenvalue weighted by molar-refractivity contribution is 5.80. The molecule has 0 aliphatic heterocycles. The van der Waals surface area contributed by atoms with E-state index in [-0.39, 0.29) is 18.1 Å². The molecule has 116 valence electrons. The van der Waals surface area contributed by atoms with Gasteiger partial charge in [0.05, 0.1) is 11.5 Å². The molecule has 0 aliphatic carbocycles. The minimum absolute atomic E-state index is 0.0694. The second-order valence-electron chi connectivity index (χ2n) is 4.30. The van der Waals surface area contributed by atoms with Gasteiger partial charge in [0.25, 0.3) is 11.6 Å². The predicted octanol–water partition coefficient (Wildman–Crippen LogP) is 0.583. The lowest BCUT2D eigenvalue weighted by atomic mass is 10.1. The first kappa shape index (κ1) is 16.9. The number of benzene rings is 1. The van der Waals surface area contributed by atoms with Crippen LogP contribution in [0.15, 0.2) is 18.2 Å². The topological polar surface area (TPSA) is 117 Å². The third kappa shape index (κ3) is 5.01. The molecule has 1 aromatic rings. The molecular weight excluding hydrogens is 278 g/mol. The van der Waals surface area contributed by atoms with E-state index in [2.05, 4.69) is 5.32 Å². The number of carbonyl (C=O) groups is 1. The lowest BCUT2D eigenvalue weighted by molar-refractivity contribution is -0.384. The Bertz CT molecular complexity index is 507. The van der Waals surface area contributed by atoms with Gasteiger partial charge in [0.15, 0.2) is 6.10 Å². The fourth-order valence-electron chi connectivity index (χ4n) is 1.62. The van der Waals surface area contributed by atoms with Gasteiger partial charge in [-0.2, -0.15) is 0 Å². The van der Waals surface area contributed by atoms with Crippen LogP contribution < -0.4 is 15.8 Å². The first-order chi connectivity index (χ1) is 9.99. The number of nitrogens with zero attached hydrogens (tertiary/aromatic N) is 1. The fourth-order valence-corrected chi connectivity index (χ4v) is 1.62. The zero-order valence-electron chi connectivity index (χ0n) is 12.0. The number of hydrogen-bond donors (Lipinski definition) is 2. The van der Waals surface area contributed by atoms with Gasteiger partial charge in [-0.25, -0.2) is 0 Å². The lowest BCUT2D eigenvalue weighted by Gasteiger charge is -2.16. The number of ether oxygens (including phenoxy) is 2. The van der Waals surface area contributed by atoms with Gasteiger partial charge in [0.2, 0.25) is 0 Å². The van der Waals surface area contributed by atoms with E-state index >= 15 is 0 Å². The number of rotatable bonds is 8. The Labute approximate surface area is 122 Å². The van der Waals surface area contributed by atoms with Gasteiger partial charge in [0.1, 0.15) is 5.75 Å². The summed E-state index contributed by atoms with van der Waals surface area (Å²) in [6, 6.07) is 4.09. The van der Waals surface area contributed by atoms with Crippen molar-refractivity contribution in [3.8, 4) is 5.75 Å². The molecule has 0 bridgehead atoms. The summed E-state index contributed by atoms with van der Waals surface area (Å²) in [6.07, 6.45) is -0.742. The van der Waals surface area contributed by atoms with E-state index in [0.29, 0.717) is 24.5 Å². The molecule has 3 N–H and O–H groups in total. The van der Waals surface area contributed by atoms with Crippen molar-refractivity contribution < 1.29 is 19.2 Å². The third-order valence-corrected chi connectivity index (χ3v) is 2.75. The van der Waals surface area contributed by atoms with E-state index in [9.17, 15) is 14.9 Å². The standard InChI is InChI=1S/C13H19N3O5/c1-9(13(17)15-5-6-20-2)21-12-4-3-11(16(18)19)7-10(12)8-14/h3-4,7,9H,5-6,8,14H2,1-2H3,(H,15,17). The van der Waals surface area contributed by atoms with Gasteiger partial charge in [-0.15, -0.1) is 0 Å². The summed E-state index contributed by atoms with van der Waals surface area (Å²) in [4.78, 5) is 22.0. The van der Waals surface area contributed by atoms with Crippen molar-refractivity contribution >= 4 is 11.6 Å². The van der Waals surface area contributed by atoms with Crippen molar-refractivity contribution in [3.63, 3.8) is 0 Å². The molecule has 0 saturated heterocycles. The van der Waals surface area contributed by atoms with E-state index in [4.69, 9.17) is 15.2 Å². The molecule has 1 amide bonds. The summed E-state index contributed by atoms with van der Waals surface area (Å²) >= 11 is 0. The molecule has 0 aliphatic rings. The van der Waals surface area contributed by atoms with Gasteiger partial charge in [-0.05, 0) is 13.0 Å². The molecule has 0 saturated carbocycles. The number of amides is 1. The molecule has 21 heavy (non-hydrogen) atoms. The quantitative estimate of drug-likeness (QED) is 0.412. The minimum atomic E-state index is -0.742. The smallest absolute Gasteiger partial charge is 0.270 e. The van der Waals surface area contributed by atoms with E-state index in [1.54, 1.807) is 6.92 Å². The molecule has 0 heterocycles. The number of carbonyl (C=O) groups excluding carboxylic acids is 1. The highest BCUT2D eigenvalue weighted by Crippen LogP contribution is 2.24. The van der Waals surface area contributed by atoms with Gasteiger partial charge in [0, 0.05) is 37.9 Å². The van der Waals surface area contributed by atoms with Crippen molar-refractivity contribution in [1.29, 1.82) is 0 Å². The first-order valence-electron chi connectivity index (χ1n) is 6.40. The molecular formula is C13H19N3O5. The Balaban J connectivity index is 2.73. The number of nitro groups is 1. The van der Waals surface area contributed by atoms with Crippen LogP contribution in [-0.2, 0) is 16.1 Å².